The predicted octanol–water partition coefficient (Wildman–Crippen LogP) is 3.81. The van der Waals surface area contributed by atoms with E-state index in [1.807, 2.05) is 6.07 Å². The number of halogens is 4. The second-order valence-electron chi connectivity index (χ2n) is 5.85. The van der Waals surface area contributed by atoms with Gasteiger partial charge < -0.3 is 15.0 Å². The van der Waals surface area contributed by atoms with Crippen LogP contribution in [-0.2, 0) is 11.3 Å². The van der Waals surface area contributed by atoms with Gasteiger partial charge in [0.15, 0.2) is 17.5 Å². The van der Waals surface area contributed by atoms with E-state index in [2.05, 4.69) is 5.32 Å². The Labute approximate surface area is 160 Å². The van der Waals surface area contributed by atoms with Crippen LogP contribution in [0.25, 0.3) is 0 Å². The molecule has 0 fully saturated rings. The lowest BCUT2D eigenvalue weighted by Gasteiger charge is -2.33. The van der Waals surface area contributed by atoms with Gasteiger partial charge in [-0.3, -0.25) is 0 Å². The summed E-state index contributed by atoms with van der Waals surface area (Å²) in [5, 5.41) is 12.2. The lowest BCUT2D eigenvalue weighted by molar-refractivity contribution is -0.108. The third kappa shape index (κ3) is 4.79. The SMILES string of the molecule is CNC[C@H](CC=O)N(Cc1ccc(F)c(F)c1F)c1ccc(C#N)c(Cl)c1. The number of nitrogens with zero attached hydrogens (tertiary/aromatic N) is 2. The van der Waals surface area contributed by atoms with Gasteiger partial charge in [-0.05, 0) is 31.3 Å². The van der Waals surface area contributed by atoms with Gasteiger partial charge in [-0.1, -0.05) is 17.7 Å². The van der Waals surface area contributed by atoms with Gasteiger partial charge in [0, 0.05) is 36.8 Å². The molecule has 2 aromatic rings. The molecule has 142 valence electrons. The highest BCUT2D eigenvalue weighted by molar-refractivity contribution is 6.32. The highest BCUT2D eigenvalue weighted by Crippen LogP contribution is 2.28. The van der Waals surface area contributed by atoms with Crippen LogP contribution in [0.2, 0.25) is 5.02 Å². The van der Waals surface area contributed by atoms with E-state index in [1.54, 1.807) is 18.0 Å². The van der Waals surface area contributed by atoms with Crippen molar-refractivity contribution in [2.24, 2.45) is 0 Å². The fourth-order valence-corrected chi connectivity index (χ4v) is 2.96. The molecule has 8 heteroatoms. The molecule has 0 bridgehead atoms. The van der Waals surface area contributed by atoms with Crippen LogP contribution in [0.5, 0.6) is 0 Å². The molecule has 1 N–H and O–H groups in total. The molecule has 0 aliphatic rings. The van der Waals surface area contributed by atoms with Crippen molar-refractivity contribution in [2.75, 3.05) is 18.5 Å². The first-order valence-electron chi connectivity index (χ1n) is 8.09. The van der Waals surface area contributed by atoms with Crippen LogP contribution >= 0.6 is 11.6 Å². The molecule has 0 aromatic heterocycles. The molecule has 0 radical (unpaired) electrons. The Morgan fingerprint density at radius 1 is 1.26 bits per heavy atom. The first-order chi connectivity index (χ1) is 12.9. The van der Waals surface area contributed by atoms with Crippen molar-refractivity contribution < 1.29 is 18.0 Å². The molecule has 0 aliphatic carbocycles. The van der Waals surface area contributed by atoms with Gasteiger partial charge in [0.25, 0.3) is 0 Å². The monoisotopic (exact) mass is 395 g/mol. The Balaban J connectivity index is 2.49. The van der Waals surface area contributed by atoms with E-state index >= 15 is 0 Å². The number of rotatable bonds is 8. The summed E-state index contributed by atoms with van der Waals surface area (Å²) >= 11 is 6.09. The standard InChI is InChI=1S/C19H17ClF3N3O/c1-25-10-15(6-7-27)26(14-4-2-12(9-24)16(20)8-14)11-13-3-5-17(21)19(23)18(13)22/h2-5,7-8,15,25H,6,10-11H2,1H3/t15-/m0/s1. The van der Waals surface area contributed by atoms with E-state index in [1.165, 1.54) is 12.1 Å². The zero-order chi connectivity index (χ0) is 20.0. The highest BCUT2D eigenvalue weighted by Gasteiger charge is 2.22. The van der Waals surface area contributed by atoms with Crippen molar-refractivity contribution in [3.8, 4) is 6.07 Å². The number of hydrogen-bond acceptors (Lipinski definition) is 4. The number of aldehydes is 1. The van der Waals surface area contributed by atoms with Crippen LogP contribution in [0.4, 0.5) is 18.9 Å². The number of benzene rings is 2. The lowest BCUT2D eigenvalue weighted by atomic mass is 10.1. The highest BCUT2D eigenvalue weighted by atomic mass is 35.5. The summed E-state index contributed by atoms with van der Waals surface area (Å²) in [6, 6.07) is 8.18. The van der Waals surface area contributed by atoms with E-state index in [0.717, 1.165) is 18.4 Å². The van der Waals surface area contributed by atoms with Crippen molar-refractivity contribution in [1.82, 2.24) is 5.32 Å². The summed E-state index contributed by atoms with van der Waals surface area (Å²) in [5.41, 5.74) is 0.714. The molecular formula is C19H17ClF3N3O. The van der Waals surface area contributed by atoms with Gasteiger partial charge in [-0.25, -0.2) is 13.2 Å². The van der Waals surface area contributed by atoms with Gasteiger partial charge >= 0.3 is 0 Å². The van der Waals surface area contributed by atoms with Gasteiger partial charge in [0.1, 0.15) is 12.4 Å². The average Bonchev–Trinajstić information content (AvgIpc) is 2.65. The molecular weight excluding hydrogens is 379 g/mol. The number of nitrogens with one attached hydrogen (secondary N) is 1. The van der Waals surface area contributed by atoms with Crippen LogP contribution in [-0.4, -0.2) is 25.9 Å². The first-order valence-corrected chi connectivity index (χ1v) is 8.47. The molecule has 0 amide bonds. The summed E-state index contributed by atoms with van der Waals surface area (Å²) in [4.78, 5) is 12.8. The molecule has 1 atom stereocenters. The second kappa shape index (κ2) is 9.40. The zero-order valence-corrected chi connectivity index (χ0v) is 15.2. The number of carbonyl (C=O) groups is 1. The minimum absolute atomic E-state index is 0.0682. The summed E-state index contributed by atoms with van der Waals surface area (Å²) in [5.74, 6) is -4.11. The molecule has 4 nitrogen and oxygen atoms in total. The fourth-order valence-electron chi connectivity index (χ4n) is 2.74. The molecule has 0 aliphatic heterocycles. The zero-order valence-electron chi connectivity index (χ0n) is 14.5. The number of carbonyl (C=O) groups excluding carboxylic acids is 1. The van der Waals surface area contributed by atoms with Crippen molar-refractivity contribution in [3.05, 3.63) is 63.9 Å². The van der Waals surface area contributed by atoms with E-state index in [9.17, 15) is 18.0 Å². The van der Waals surface area contributed by atoms with Crippen molar-refractivity contribution in [3.63, 3.8) is 0 Å². The summed E-state index contributed by atoms with van der Waals surface area (Å²) < 4.78 is 41.0. The summed E-state index contributed by atoms with van der Waals surface area (Å²) in [7, 11) is 1.69. The Bertz CT molecular complexity index is 870. The maximum absolute atomic E-state index is 14.2. The Morgan fingerprint density at radius 2 is 2.00 bits per heavy atom. The van der Waals surface area contributed by atoms with Gasteiger partial charge in [0.2, 0.25) is 0 Å². The van der Waals surface area contributed by atoms with Crippen LogP contribution in [0, 0.1) is 28.8 Å². The third-order valence-electron chi connectivity index (χ3n) is 4.11. The average molecular weight is 396 g/mol. The molecule has 2 aromatic carbocycles. The largest absolute Gasteiger partial charge is 0.362 e. The number of nitriles is 1. The van der Waals surface area contributed by atoms with Gasteiger partial charge in [-0.2, -0.15) is 5.26 Å². The van der Waals surface area contributed by atoms with E-state index in [4.69, 9.17) is 16.9 Å². The summed E-state index contributed by atoms with van der Waals surface area (Å²) in [6.45, 7) is 0.257. The number of anilines is 1. The lowest BCUT2D eigenvalue weighted by Crippen LogP contribution is -2.42. The third-order valence-corrected chi connectivity index (χ3v) is 4.42. The Kier molecular flexibility index (Phi) is 7.22. The molecule has 27 heavy (non-hydrogen) atoms. The predicted molar refractivity (Wildman–Crippen MR) is 97.1 cm³/mol. The number of likely N-dealkylation sites (N-methyl/N-ethyl adjacent to an activating group) is 1. The maximum atomic E-state index is 14.2. The van der Waals surface area contributed by atoms with E-state index < -0.39 is 23.5 Å². The van der Waals surface area contributed by atoms with Crippen LogP contribution in [0.1, 0.15) is 17.5 Å². The van der Waals surface area contributed by atoms with Crippen LogP contribution < -0.4 is 10.2 Å². The van der Waals surface area contributed by atoms with Crippen molar-refractivity contribution in [1.29, 1.82) is 5.26 Å². The van der Waals surface area contributed by atoms with Crippen LogP contribution in [0.3, 0.4) is 0 Å². The summed E-state index contributed by atoms with van der Waals surface area (Å²) in [6.07, 6.45) is 0.839. The van der Waals surface area contributed by atoms with Crippen LogP contribution in [0.15, 0.2) is 30.3 Å². The van der Waals surface area contributed by atoms with Gasteiger partial charge in [-0.15, -0.1) is 0 Å². The van der Waals surface area contributed by atoms with Crippen molar-refractivity contribution >= 4 is 23.6 Å². The topological polar surface area (TPSA) is 56.1 Å². The molecule has 0 heterocycles. The Hall–Kier alpha value is -2.56. The van der Waals surface area contributed by atoms with Crippen molar-refractivity contribution in [2.45, 2.75) is 19.0 Å². The molecule has 0 unspecified atom stereocenters. The molecule has 0 spiro atoms. The minimum Gasteiger partial charge on any atom is -0.362 e. The first kappa shape index (κ1) is 20.7. The van der Waals surface area contributed by atoms with E-state index in [0.29, 0.717) is 12.2 Å². The number of hydrogen-bond donors (Lipinski definition) is 1. The maximum Gasteiger partial charge on any atom is 0.194 e. The molecule has 0 saturated heterocycles. The van der Waals surface area contributed by atoms with Gasteiger partial charge in [0.05, 0.1) is 10.6 Å². The smallest absolute Gasteiger partial charge is 0.194 e. The fraction of sp³-hybridized carbons (Fsp3) is 0.263. The Morgan fingerprint density at radius 3 is 2.59 bits per heavy atom. The quantitative estimate of drug-likeness (QED) is 0.545. The second-order valence-corrected chi connectivity index (χ2v) is 6.26. The minimum atomic E-state index is -1.55. The molecule has 0 saturated carbocycles. The molecule has 2 rings (SSSR count). The van der Waals surface area contributed by atoms with E-state index in [-0.39, 0.29) is 29.1 Å². The normalized spacial score (nSPS) is 11.7.